The lowest BCUT2D eigenvalue weighted by molar-refractivity contribution is 0.0694. The topological polar surface area (TPSA) is 54.3 Å². The Hall–Kier alpha value is -2.85. The van der Waals surface area contributed by atoms with Gasteiger partial charge in [0.05, 0.1) is 5.56 Å². The molecule has 30 heavy (non-hydrogen) atoms. The fourth-order valence-corrected chi connectivity index (χ4v) is 4.09. The van der Waals surface area contributed by atoms with E-state index in [1.165, 1.54) is 16.7 Å². The van der Waals surface area contributed by atoms with Gasteiger partial charge >= 0.3 is 5.97 Å². The molecule has 0 aliphatic carbocycles. The highest BCUT2D eigenvalue weighted by atomic mass is 16.4. The van der Waals surface area contributed by atoms with Crippen molar-refractivity contribution in [2.75, 3.05) is 0 Å². The highest BCUT2D eigenvalue weighted by Crippen LogP contribution is 2.24. The summed E-state index contributed by atoms with van der Waals surface area (Å²) in [5.74, 6) is -0.854. The van der Waals surface area contributed by atoms with E-state index in [1.807, 2.05) is 26.0 Å². The quantitative estimate of drug-likeness (QED) is 0.511. The first-order chi connectivity index (χ1) is 14.4. The van der Waals surface area contributed by atoms with Gasteiger partial charge in [0.1, 0.15) is 0 Å². The molecule has 0 spiro atoms. The van der Waals surface area contributed by atoms with Crippen molar-refractivity contribution in [3.05, 3.63) is 93.8 Å². The standard InChI is InChI=1S/C26H32N2O2/c1-18-9-8-12-23(15-18)17-28-20(3)24(25(21(28)4)26(29)30)16-27-19(2)13-14-22-10-6-5-7-11-22/h5-12,15,19,27H,13-14,16-17H2,1-4H3,(H,29,30). The molecule has 4 nitrogen and oxygen atoms in total. The molecule has 158 valence electrons. The first kappa shape index (κ1) is 21.8. The van der Waals surface area contributed by atoms with E-state index in [1.54, 1.807) is 0 Å². The summed E-state index contributed by atoms with van der Waals surface area (Å²) in [6, 6.07) is 19.1. The predicted octanol–water partition coefficient (Wildman–Crippen LogP) is 5.27. The number of carbonyl (C=O) groups is 1. The molecule has 0 amide bonds. The van der Waals surface area contributed by atoms with Gasteiger partial charge in [0.25, 0.3) is 0 Å². The molecule has 2 N–H and O–H groups in total. The van der Waals surface area contributed by atoms with Gasteiger partial charge in [0.15, 0.2) is 0 Å². The molecule has 0 fully saturated rings. The van der Waals surface area contributed by atoms with Gasteiger partial charge in [-0.2, -0.15) is 0 Å². The van der Waals surface area contributed by atoms with E-state index in [-0.39, 0.29) is 0 Å². The molecule has 0 aliphatic rings. The maximum Gasteiger partial charge on any atom is 0.337 e. The molecule has 1 heterocycles. The molecule has 1 unspecified atom stereocenters. The second kappa shape index (κ2) is 9.77. The number of rotatable bonds is 9. The van der Waals surface area contributed by atoms with Crippen LogP contribution in [0.25, 0.3) is 0 Å². The van der Waals surface area contributed by atoms with E-state index in [0.29, 0.717) is 24.7 Å². The maximum atomic E-state index is 12.0. The average Bonchev–Trinajstić information content (AvgIpc) is 2.96. The molecule has 1 atom stereocenters. The van der Waals surface area contributed by atoms with Crippen LogP contribution in [0.2, 0.25) is 0 Å². The number of nitrogens with one attached hydrogen (secondary N) is 1. The molecule has 2 aromatic carbocycles. The Labute approximate surface area is 179 Å². The van der Waals surface area contributed by atoms with Crippen LogP contribution in [-0.4, -0.2) is 21.7 Å². The van der Waals surface area contributed by atoms with Gasteiger partial charge in [-0.05, 0) is 51.7 Å². The van der Waals surface area contributed by atoms with Crippen molar-refractivity contribution in [2.24, 2.45) is 0 Å². The third kappa shape index (κ3) is 5.19. The van der Waals surface area contributed by atoms with Crippen LogP contribution in [0.15, 0.2) is 54.6 Å². The summed E-state index contributed by atoms with van der Waals surface area (Å²) in [6.07, 6.45) is 2.02. The first-order valence-corrected chi connectivity index (χ1v) is 10.6. The summed E-state index contributed by atoms with van der Waals surface area (Å²) in [5.41, 5.74) is 6.88. The van der Waals surface area contributed by atoms with E-state index in [2.05, 4.69) is 66.2 Å². The zero-order valence-electron chi connectivity index (χ0n) is 18.4. The maximum absolute atomic E-state index is 12.0. The van der Waals surface area contributed by atoms with Crippen molar-refractivity contribution in [3.63, 3.8) is 0 Å². The highest BCUT2D eigenvalue weighted by molar-refractivity contribution is 5.91. The van der Waals surface area contributed by atoms with Crippen molar-refractivity contribution in [2.45, 2.75) is 59.7 Å². The van der Waals surface area contributed by atoms with Crippen LogP contribution in [0.4, 0.5) is 0 Å². The summed E-state index contributed by atoms with van der Waals surface area (Å²) >= 11 is 0. The molecular formula is C26H32N2O2. The second-order valence-electron chi connectivity index (χ2n) is 8.21. The van der Waals surface area contributed by atoms with Gasteiger partial charge in [-0.25, -0.2) is 4.79 Å². The smallest absolute Gasteiger partial charge is 0.337 e. The van der Waals surface area contributed by atoms with Crippen molar-refractivity contribution < 1.29 is 9.90 Å². The lowest BCUT2D eigenvalue weighted by atomic mass is 10.1. The Morgan fingerprint density at radius 1 is 1.00 bits per heavy atom. The Morgan fingerprint density at radius 3 is 2.37 bits per heavy atom. The van der Waals surface area contributed by atoms with Gasteiger partial charge in [-0.3, -0.25) is 0 Å². The number of hydrogen-bond acceptors (Lipinski definition) is 2. The van der Waals surface area contributed by atoms with Crippen molar-refractivity contribution in [1.29, 1.82) is 0 Å². The summed E-state index contributed by atoms with van der Waals surface area (Å²) in [4.78, 5) is 12.0. The number of aryl methyl sites for hydroxylation is 2. The Kier molecular flexibility index (Phi) is 7.11. The molecular weight excluding hydrogens is 372 g/mol. The highest BCUT2D eigenvalue weighted by Gasteiger charge is 2.22. The summed E-state index contributed by atoms with van der Waals surface area (Å²) < 4.78 is 2.13. The molecule has 0 saturated carbocycles. The normalized spacial score (nSPS) is 12.1. The van der Waals surface area contributed by atoms with E-state index in [0.717, 1.165) is 29.8 Å². The molecule has 0 aliphatic heterocycles. The second-order valence-corrected chi connectivity index (χ2v) is 8.21. The third-order valence-electron chi connectivity index (χ3n) is 5.88. The van der Waals surface area contributed by atoms with Crippen LogP contribution in [0.3, 0.4) is 0 Å². The summed E-state index contributed by atoms with van der Waals surface area (Å²) in [6.45, 7) is 9.42. The van der Waals surface area contributed by atoms with E-state index in [4.69, 9.17) is 0 Å². The minimum atomic E-state index is -0.854. The van der Waals surface area contributed by atoms with E-state index in [9.17, 15) is 9.90 Å². The first-order valence-electron chi connectivity index (χ1n) is 10.6. The van der Waals surface area contributed by atoms with Gasteiger partial charge in [0.2, 0.25) is 0 Å². The van der Waals surface area contributed by atoms with Crippen molar-refractivity contribution >= 4 is 5.97 Å². The van der Waals surface area contributed by atoms with Gasteiger partial charge in [0, 0.05) is 36.1 Å². The van der Waals surface area contributed by atoms with Crippen LogP contribution in [0, 0.1) is 20.8 Å². The monoisotopic (exact) mass is 404 g/mol. The van der Waals surface area contributed by atoms with Crippen molar-refractivity contribution in [1.82, 2.24) is 9.88 Å². The number of hydrogen-bond donors (Lipinski definition) is 2. The Balaban J connectivity index is 1.74. The molecule has 4 heteroatoms. The Morgan fingerprint density at radius 2 is 1.70 bits per heavy atom. The number of nitrogens with zero attached hydrogens (tertiary/aromatic N) is 1. The van der Waals surface area contributed by atoms with Crippen LogP contribution in [0.1, 0.15) is 57.3 Å². The van der Waals surface area contributed by atoms with Gasteiger partial charge in [-0.1, -0.05) is 60.2 Å². The van der Waals surface area contributed by atoms with Crippen LogP contribution >= 0.6 is 0 Å². The van der Waals surface area contributed by atoms with Gasteiger partial charge < -0.3 is 15.0 Å². The van der Waals surface area contributed by atoms with Gasteiger partial charge in [-0.15, -0.1) is 0 Å². The minimum Gasteiger partial charge on any atom is -0.478 e. The molecule has 1 aromatic heterocycles. The number of carboxylic acid groups (broad SMARTS) is 1. The molecule has 0 saturated heterocycles. The Bertz CT molecular complexity index is 1010. The molecule has 0 bridgehead atoms. The van der Waals surface area contributed by atoms with Crippen LogP contribution in [0.5, 0.6) is 0 Å². The van der Waals surface area contributed by atoms with Crippen LogP contribution in [-0.2, 0) is 19.5 Å². The minimum absolute atomic E-state index is 0.298. The number of aromatic nitrogens is 1. The van der Waals surface area contributed by atoms with E-state index >= 15 is 0 Å². The number of benzene rings is 2. The molecule has 3 aromatic rings. The molecule has 3 rings (SSSR count). The number of carboxylic acids is 1. The predicted molar refractivity (Wildman–Crippen MR) is 122 cm³/mol. The zero-order chi connectivity index (χ0) is 21.7. The largest absolute Gasteiger partial charge is 0.478 e. The number of aromatic carboxylic acids is 1. The fourth-order valence-electron chi connectivity index (χ4n) is 4.09. The fraction of sp³-hybridized carbons (Fsp3) is 0.346. The lowest BCUT2D eigenvalue weighted by Crippen LogP contribution is -2.27. The summed E-state index contributed by atoms with van der Waals surface area (Å²) in [7, 11) is 0. The summed E-state index contributed by atoms with van der Waals surface area (Å²) in [5, 5.41) is 13.4. The average molecular weight is 405 g/mol. The third-order valence-corrected chi connectivity index (χ3v) is 5.88. The zero-order valence-corrected chi connectivity index (χ0v) is 18.4. The molecule has 0 radical (unpaired) electrons. The van der Waals surface area contributed by atoms with Crippen LogP contribution < -0.4 is 5.32 Å². The lowest BCUT2D eigenvalue weighted by Gasteiger charge is -2.15. The SMILES string of the molecule is Cc1cccc(Cn2c(C)c(CNC(C)CCc3ccccc3)c(C(=O)O)c2C)c1. The van der Waals surface area contributed by atoms with E-state index < -0.39 is 5.97 Å². The van der Waals surface area contributed by atoms with Crippen molar-refractivity contribution in [3.8, 4) is 0 Å².